The van der Waals surface area contributed by atoms with Crippen molar-refractivity contribution in [1.82, 2.24) is 14.9 Å². The quantitative estimate of drug-likeness (QED) is 0.670. The molecule has 152 valence electrons. The van der Waals surface area contributed by atoms with Crippen LogP contribution in [0.25, 0.3) is 0 Å². The fourth-order valence-corrected chi connectivity index (χ4v) is 4.08. The minimum atomic E-state index is -0.284. The second-order valence-corrected chi connectivity index (χ2v) is 8.52. The topological polar surface area (TPSA) is 38.2 Å². The molecular formula is C23H32FN3O. The van der Waals surface area contributed by atoms with Crippen LogP contribution in [0.3, 0.4) is 0 Å². The Morgan fingerprint density at radius 3 is 2.64 bits per heavy atom. The van der Waals surface area contributed by atoms with E-state index in [9.17, 15) is 4.39 Å². The molecule has 2 aromatic rings. The number of hydrogen-bond acceptors (Lipinski definition) is 4. The number of pyridine rings is 2. The van der Waals surface area contributed by atoms with Gasteiger partial charge in [-0.1, -0.05) is 6.07 Å². The Morgan fingerprint density at radius 1 is 1.18 bits per heavy atom. The third-order valence-electron chi connectivity index (χ3n) is 6.16. The molecule has 3 heterocycles. The molecule has 0 N–H and O–H groups in total. The Hall–Kier alpha value is -1.85. The number of hydrogen-bond donors (Lipinski definition) is 0. The molecule has 4 nitrogen and oxygen atoms in total. The fraction of sp³-hybridized carbons (Fsp3) is 0.565. The van der Waals surface area contributed by atoms with Gasteiger partial charge in [0, 0.05) is 41.7 Å². The molecule has 1 aliphatic rings. The summed E-state index contributed by atoms with van der Waals surface area (Å²) in [6, 6.07) is 7.55. The first-order valence-electron chi connectivity index (χ1n) is 10.2. The highest BCUT2D eigenvalue weighted by molar-refractivity contribution is 5.22. The molecule has 0 saturated carbocycles. The zero-order chi connectivity index (χ0) is 20.2. The van der Waals surface area contributed by atoms with Gasteiger partial charge in [0.05, 0.1) is 12.8 Å². The number of rotatable bonds is 8. The highest BCUT2D eigenvalue weighted by atomic mass is 19.1. The van der Waals surface area contributed by atoms with Crippen LogP contribution in [0.15, 0.2) is 36.7 Å². The Bertz CT molecular complexity index is 760. The summed E-state index contributed by atoms with van der Waals surface area (Å²) in [4.78, 5) is 11.3. The number of aromatic nitrogens is 2. The number of likely N-dealkylation sites (tertiary alicyclic amines) is 1. The number of ether oxygens (including phenoxy) is 1. The summed E-state index contributed by atoms with van der Waals surface area (Å²) in [5, 5.41) is 0. The van der Waals surface area contributed by atoms with Gasteiger partial charge in [-0.15, -0.1) is 0 Å². The maximum absolute atomic E-state index is 13.1. The largest absolute Gasteiger partial charge is 0.381 e. The van der Waals surface area contributed by atoms with Crippen molar-refractivity contribution >= 4 is 0 Å². The van der Waals surface area contributed by atoms with Crippen LogP contribution in [0.1, 0.15) is 50.6 Å². The van der Waals surface area contributed by atoms with E-state index >= 15 is 0 Å². The molecule has 2 aromatic heterocycles. The third kappa shape index (κ3) is 4.76. The van der Waals surface area contributed by atoms with Gasteiger partial charge in [-0.3, -0.25) is 14.9 Å². The van der Waals surface area contributed by atoms with Gasteiger partial charge < -0.3 is 4.74 Å². The van der Waals surface area contributed by atoms with Gasteiger partial charge in [-0.2, -0.15) is 0 Å². The number of halogens is 1. The van der Waals surface area contributed by atoms with Crippen LogP contribution in [0.4, 0.5) is 4.39 Å². The molecule has 1 fully saturated rings. The van der Waals surface area contributed by atoms with Crippen LogP contribution in [0.2, 0.25) is 0 Å². The van der Waals surface area contributed by atoms with Crippen molar-refractivity contribution in [2.45, 2.75) is 52.5 Å². The molecule has 0 spiro atoms. The van der Waals surface area contributed by atoms with Crippen molar-refractivity contribution in [3.8, 4) is 0 Å². The lowest BCUT2D eigenvalue weighted by Crippen LogP contribution is -2.42. The van der Waals surface area contributed by atoms with E-state index in [0.29, 0.717) is 0 Å². The molecular weight excluding hydrogens is 353 g/mol. The molecule has 0 amide bonds. The van der Waals surface area contributed by atoms with Gasteiger partial charge in [0.15, 0.2) is 0 Å². The average Bonchev–Trinajstić information content (AvgIpc) is 3.12. The summed E-state index contributed by atoms with van der Waals surface area (Å²) in [5.74, 6) is -0.284. The number of nitrogens with zero attached hydrogens (tertiary/aromatic N) is 3. The van der Waals surface area contributed by atoms with Crippen LogP contribution >= 0.6 is 0 Å². The normalized spacial score (nSPS) is 20.6. The van der Waals surface area contributed by atoms with Crippen LogP contribution in [-0.2, 0) is 16.7 Å². The van der Waals surface area contributed by atoms with Crippen LogP contribution in [-0.4, -0.2) is 41.2 Å². The summed E-state index contributed by atoms with van der Waals surface area (Å²) in [7, 11) is 0. The maximum Gasteiger partial charge on any atom is 0.141 e. The first kappa shape index (κ1) is 20.9. The zero-order valence-corrected chi connectivity index (χ0v) is 17.5. The summed E-state index contributed by atoms with van der Waals surface area (Å²) in [6.07, 6.45) is 6.23. The predicted octanol–water partition coefficient (Wildman–Crippen LogP) is 4.52. The minimum absolute atomic E-state index is 0.0806. The Balaban J connectivity index is 1.73. The van der Waals surface area contributed by atoms with Gasteiger partial charge in [0.1, 0.15) is 5.82 Å². The fourth-order valence-electron chi connectivity index (χ4n) is 4.08. The molecule has 0 bridgehead atoms. The Morgan fingerprint density at radius 2 is 2.00 bits per heavy atom. The predicted molar refractivity (Wildman–Crippen MR) is 110 cm³/mol. The van der Waals surface area contributed by atoms with Crippen molar-refractivity contribution in [2.24, 2.45) is 5.41 Å². The van der Waals surface area contributed by atoms with Crippen molar-refractivity contribution in [1.29, 1.82) is 0 Å². The van der Waals surface area contributed by atoms with Crippen LogP contribution in [0.5, 0.6) is 0 Å². The SMILES string of the molecule is CCOC[C@@]1(CCc2ccc(F)cn2)CCN(C(C)(C)c2ccc(C)nc2)C1. The van der Waals surface area contributed by atoms with Crippen LogP contribution in [0, 0.1) is 18.2 Å². The monoisotopic (exact) mass is 385 g/mol. The van der Waals surface area contributed by atoms with Gasteiger partial charge in [-0.25, -0.2) is 4.39 Å². The van der Waals surface area contributed by atoms with Gasteiger partial charge in [0.2, 0.25) is 0 Å². The molecule has 1 aliphatic heterocycles. The molecule has 1 atom stereocenters. The van der Waals surface area contributed by atoms with E-state index in [4.69, 9.17) is 4.74 Å². The second kappa shape index (κ2) is 8.66. The van der Waals surface area contributed by atoms with E-state index in [1.807, 2.05) is 20.0 Å². The zero-order valence-electron chi connectivity index (χ0n) is 17.5. The van der Waals surface area contributed by atoms with Crippen LogP contribution < -0.4 is 0 Å². The first-order chi connectivity index (χ1) is 13.3. The van der Waals surface area contributed by atoms with E-state index in [1.54, 1.807) is 6.07 Å². The summed E-state index contributed by atoms with van der Waals surface area (Å²) < 4.78 is 19.0. The second-order valence-electron chi connectivity index (χ2n) is 8.52. The summed E-state index contributed by atoms with van der Waals surface area (Å²) in [6.45, 7) is 12.1. The summed E-state index contributed by atoms with van der Waals surface area (Å²) >= 11 is 0. The molecule has 0 unspecified atom stereocenters. The first-order valence-corrected chi connectivity index (χ1v) is 10.2. The van der Waals surface area contributed by atoms with E-state index in [0.717, 1.165) is 57.0 Å². The molecule has 0 aromatic carbocycles. The molecule has 3 rings (SSSR count). The average molecular weight is 386 g/mol. The van der Waals surface area contributed by atoms with Crippen molar-refractivity contribution in [3.05, 3.63) is 59.4 Å². The maximum atomic E-state index is 13.1. The van der Waals surface area contributed by atoms with Crippen molar-refractivity contribution < 1.29 is 9.13 Å². The van der Waals surface area contributed by atoms with Crippen molar-refractivity contribution in [3.63, 3.8) is 0 Å². The molecule has 1 saturated heterocycles. The highest BCUT2D eigenvalue weighted by Crippen LogP contribution is 2.41. The molecule has 28 heavy (non-hydrogen) atoms. The lowest BCUT2D eigenvalue weighted by atomic mass is 9.82. The van der Waals surface area contributed by atoms with Gasteiger partial charge in [0.25, 0.3) is 0 Å². The lowest BCUT2D eigenvalue weighted by molar-refractivity contribution is 0.0383. The Labute approximate surface area is 168 Å². The molecule has 0 radical (unpaired) electrons. The third-order valence-corrected chi connectivity index (χ3v) is 6.16. The highest BCUT2D eigenvalue weighted by Gasteiger charge is 2.43. The molecule has 0 aliphatic carbocycles. The standard InChI is InChI=1S/C23H32FN3O/c1-5-28-17-23(11-10-21-9-8-20(24)15-26-21)12-13-27(16-23)22(3,4)19-7-6-18(2)25-14-19/h6-9,14-15H,5,10-13,16-17H2,1-4H3/t23-/m0/s1. The van der Waals surface area contributed by atoms with E-state index < -0.39 is 0 Å². The van der Waals surface area contributed by atoms with E-state index in [-0.39, 0.29) is 16.8 Å². The minimum Gasteiger partial charge on any atom is -0.381 e. The Kier molecular flexibility index (Phi) is 6.46. The van der Waals surface area contributed by atoms with Gasteiger partial charge >= 0.3 is 0 Å². The summed E-state index contributed by atoms with van der Waals surface area (Å²) in [5.41, 5.74) is 3.24. The molecule has 5 heteroatoms. The lowest BCUT2D eigenvalue weighted by Gasteiger charge is -2.38. The van der Waals surface area contributed by atoms with Gasteiger partial charge in [-0.05, 0) is 77.3 Å². The number of aryl methyl sites for hydroxylation is 2. The van der Waals surface area contributed by atoms with Crippen molar-refractivity contribution in [2.75, 3.05) is 26.3 Å². The smallest absolute Gasteiger partial charge is 0.141 e. The van der Waals surface area contributed by atoms with E-state index in [1.165, 1.54) is 17.8 Å². The van der Waals surface area contributed by atoms with E-state index in [2.05, 4.69) is 40.8 Å².